The Balaban J connectivity index is 2.22. The van der Waals surface area contributed by atoms with E-state index in [1.807, 2.05) is 31.2 Å². The number of benzene rings is 1. The lowest BCUT2D eigenvalue weighted by Crippen LogP contribution is -2.41. The molecule has 6 nitrogen and oxygen atoms in total. The van der Waals surface area contributed by atoms with Crippen LogP contribution in [0.15, 0.2) is 29.3 Å². The summed E-state index contributed by atoms with van der Waals surface area (Å²) < 4.78 is 0. The average molecular weight is 305 g/mol. The maximum Gasteiger partial charge on any atom is 0.327 e. The van der Waals surface area contributed by atoms with Crippen LogP contribution in [0, 0.1) is 6.92 Å². The van der Waals surface area contributed by atoms with Crippen LogP contribution >= 0.6 is 11.8 Å². The molecule has 2 N–H and O–H groups in total. The summed E-state index contributed by atoms with van der Waals surface area (Å²) in [5.74, 6) is -1.25. The van der Waals surface area contributed by atoms with Crippen molar-refractivity contribution in [2.24, 2.45) is 0 Å². The molecule has 0 aliphatic rings. The van der Waals surface area contributed by atoms with Gasteiger partial charge in [-0.2, -0.15) is 5.10 Å². The fourth-order valence-corrected chi connectivity index (χ4v) is 2.88. The molecule has 21 heavy (non-hydrogen) atoms. The Morgan fingerprint density at radius 2 is 1.95 bits per heavy atom. The van der Waals surface area contributed by atoms with E-state index in [1.54, 1.807) is 0 Å². The number of hydrogen-bond donors (Lipinski definition) is 2. The van der Waals surface area contributed by atoms with Crippen molar-refractivity contribution >= 4 is 34.4 Å². The van der Waals surface area contributed by atoms with Crippen LogP contribution in [-0.2, 0) is 9.59 Å². The Kier molecular flexibility index (Phi) is 4.74. The molecule has 0 aliphatic heterocycles. The lowest BCUT2D eigenvalue weighted by atomic mass is 10.1. The zero-order valence-corrected chi connectivity index (χ0v) is 12.5. The molecule has 1 amide bonds. The van der Waals surface area contributed by atoms with Crippen LogP contribution in [-0.4, -0.2) is 39.0 Å². The fourth-order valence-electron chi connectivity index (χ4n) is 1.90. The molecule has 0 saturated heterocycles. The molecular formula is C14H15N3O3S. The molecular weight excluding hydrogens is 290 g/mol. The number of fused-ring (bicyclic) bond motifs is 1. The van der Waals surface area contributed by atoms with Gasteiger partial charge in [0.2, 0.25) is 5.91 Å². The highest BCUT2D eigenvalue weighted by Crippen LogP contribution is 2.26. The highest BCUT2D eigenvalue weighted by atomic mass is 32.2. The van der Waals surface area contributed by atoms with Crippen molar-refractivity contribution in [2.75, 3.05) is 5.75 Å². The molecule has 1 aromatic carbocycles. The standard InChI is InChI=1S/C14H15N3O3S/c1-8-10-5-3-4-6-11(10)13(17-16-8)21-7-12(14(19)20)15-9(2)18/h3-6,12H,7H2,1-2H3,(H,15,18)(H,19,20). The van der Waals surface area contributed by atoms with Gasteiger partial charge in [-0.15, -0.1) is 16.9 Å². The number of nitrogens with one attached hydrogen (secondary N) is 1. The molecule has 1 atom stereocenters. The number of rotatable bonds is 5. The van der Waals surface area contributed by atoms with E-state index in [-0.39, 0.29) is 11.7 Å². The van der Waals surface area contributed by atoms with E-state index in [1.165, 1.54) is 18.7 Å². The van der Waals surface area contributed by atoms with E-state index in [0.29, 0.717) is 5.03 Å². The summed E-state index contributed by atoms with van der Waals surface area (Å²) >= 11 is 1.27. The van der Waals surface area contributed by atoms with Crippen LogP contribution in [0.2, 0.25) is 0 Å². The van der Waals surface area contributed by atoms with Gasteiger partial charge in [-0.3, -0.25) is 4.79 Å². The van der Waals surface area contributed by atoms with Crippen molar-refractivity contribution in [3.8, 4) is 0 Å². The Bertz CT molecular complexity index is 690. The van der Waals surface area contributed by atoms with Crippen molar-refractivity contribution in [2.45, 2.75) is 24.9 Å². The van der Waals surface area contributed by atoms with Crippen LogP contribution < -0.4 is 5.32 Å². The second-order valence-electron chi connectivity index (χ2n) is 4.54. The minimum Gasteiger partial charge on any atom is -0.480 e. The molecule has 0 spiro atoms. The van der Waals surface area contributed by atoms with E-state index in [0.717, 1.165) is 16.5 Å². The van der Waals surface area contributed by atoms with E-state index in [4.69, 9.17) is 5.11 Å². The zero-order valence-electron chi connectivity index (χ0n) is 11.7. The smallest absolute Gasteiger partial charge is 0.327 e. The SMILES string of the molecule is CC(=O)NC(CSc1nnc(C)c2ccccc12)C(=O)O. The molecule has 0 saturated carbocycles. The van der Waals surface area contributed by atoms with Gasteiger partial charge in [-0.25, -0.2) is 4.79 Å². The first-order valence-electron chi connectivity index (χ1n) is 6.33. The highest BCUT2D eigenvalue weighted by Gasteiger charge is 2.19. The normalized spacial score (nSPS) is 12.1. The van der Waals surface area contributed by atoms with Crippen molar-refractivity contribution in [1.29, 1.82) is 0 Å². The summed E-state index contributed by atoms with van der Waals surface area (Å²) in [7, 11) is 0. The summed E-state index contributed by atoms with van der Waals surface area (Å²) in [6.45, 7) is 3.17. The maximum absolute atomic E-state index is 11.1. The van der Waals surface area contributed by atoms with Gasteiger partial charge < -0.3 is 10.4 Å². The van der Waals surface area contributed by atoms with E-state index >= 15 is 0 Å². The van der Waals surface area contributed by atoms with Gasteiger partial charge in [0.25, 0.3) is 0 Å². The third-order valence-electron chi connectivity index (χ3n) is 2.90. The topological polar surface area (TPSA) is 92.2 Å². The van der Waals surface area contributed by atoms with Gasteiger partial charge in [0.15, 0.2) is 0 Å². The lowest BCUT2D eigenvalue weighted by molar-refractivity contribution is -0.140. The van der Waals surface area contributed by atoms with Gasteiger partial charge in [0.1, 0.15) is 11.1 Å². The van der Waals surface area contributed by atoms with Crippen LogP contribution in [0.3, 0.4) is 0 Å². The first kappa shape index (κ1) is 15.2. The monoisotopic (exact) mass is 305 g/mol. The Morgan fingerprint density at radius 3 is 2.57 bits per heavy atom. The molecule has 2 rings (SSSR count). The first-order chi connectivity index (χ1) is 9.99. The number of thioether (sulfide) groups is 1. The summed E-state index contributed by atoms with van der Waals surface area (Å²) in [6.07, 6.45) is 0. The van der Waals surface area contributed by atoms with Crippen LogP contribution in [0.1, 0.15) is 12.6 Å². The molecule has 0 aliphatic carbocycles. The molecule has 0 bridgehead atoms. The minimum atomic E-state index is -1.07. The Hall–Kier alpha value is -2.15. The summed E-state index contributed by atoms with van der Waals surface area (Å²) in [6, 6.07) is 6.74. The highest BCUT2D eigenvalue weighted by molar-refractivity contribution is 7.99. The number of carboxylic acids is 1. The van der Waals surface area contributed by atoms with Crippen LogP contribution in [0.5, 0.6) is 0 Å². The van der Waals surface area contributed by atoms with Gasteiger partial charge in [-0.1, -0.05) is 24.3 Å². The predicted octanol–water partition coefficient (Wildman–Crippen LogP) is 1.62. The van der Waals surface area contributed by atoms with Crippen molar-refractivity contribution in [3.05, 3.63) is 30.0 Å². The summed E-state index contributed by atoms with van der Waals surface area (Å²) in [5.41, 5.74) is 0.826. The molecule has 2 aromatic rings. The Morgan fingerprint density at radius 1 is 1.29 bits per heavy atom. The quantitative estimate of drug-likeness (QED) is 0.816. The van der Waals surface area contributed by atoms with E-state index in [9.17, 15) is 9.59 Å². The number of aryl methyl sites for hydroxylation is 1. The predicted molar refractivity (Wildman–Crippen MR) is 80.2 cm³/mol. The van der Waals surface area contributed by atoms with Crippen molar-refractivity contribution in [3.63, 3.8) is 0 Å². The second-order valence-corrected chi connectivity index (χ2v) is 5.55. The molecule has 1 unspecified atom stereocenters. The third-order valence-corrected chi connectivity index (χ3v) is 3.98. The molecule has 1 aromatic heterocycles. The van der Waals surface area contributed by atoms with Gasteiger partial charge in [0, 0.05) is 23.4 Å². The number of carbonyl (C=O) groups is 2. The van der Waals surface area contributed by atoms with E-state index < -0.39 is 12.0 Å². The number of aliphatic carboxylic acids is 1. The molecule has 1 heterocycles. The van der Waals surface area contributed by atoms with E-state index in [2.05, 4.69) is 15.5 Å². The number of aromatic nitrogens is 2. The third kappa shape index (κ3) is 3.69. The van der Waals surface area contributed by atoms with Gasteiger partial charge in [-0.05, 0) is 6.92 Å². The second kappa shape index (κ2) is 6.53. The number of carbonyl (C=O) groups excluding carboxylic acids is 1. The average Bonchev–Trinajstić information content (AvgIpc) is 2.45. The maximum atomic E-state index is 11.1. The zero-order chi connectivity index (χ0) is 15.4. The van der Waals surface area contributed by atoms with Crippen LogP contribution in [0.25, 0.3) is 10.8 Å². The molecule has 0 radical (unpaired) electrons. The Labute approximate surface area is 126 Å². The van der Waals surface area contributed by atoms with Crippen LogP contribution in [0.4, 0.5) is 0 Å². The summed E-state index contributed by atoms with van der Waals surface area (Å²) in [4.78, 5) is 22.1. The first-order valence-corrected chi connectivity index (χ1v) is 7.32. The molecule has 0 fully saturated rings. The number of nitrogens with zero attached hydrogens (tertiary/aromatic N) is 2. The van der Waals surface area contributed by atoms with Crippen molar-refractivity contribution < 1.29 is 14.7 Å². The minimum absolute atomic E-state index is 0.191. The number of amides is 1. The number of carboxylic acid groups (broad SMARTS) is 1. The van der Waals surface area contributed by atoms with Gasteiger partial charge >= 0.3 is 5.97 Å². The summed E-state index contributed by atoms with van der Waals surface area (Å²) in [5, 5.41) is 22.3. The van der Waals surface area contributed by atoms with Gasteiger partial charge in [0.05, 0.1) is 5.69 Å². The largest absolute Gasteiger partial charge is 0.480 e. The van der Waals surface area contributed by atoms with Crippen molar-refractivity contribution in [1.82, 2.24) is 15.5 Å². The lowest BCUT2D eigenvalue weighted by Gasteiger charge is -2.13. The fraction of sp³-hybridized carbons (Fsp3) is 0.286. The number of hydrogen-bond acceptors (Lipinski definition) is 5. The molecule has 7 heteroatoms. The molecule has 110 valence electrons.